The lowest BCUT2D eigenvalue weighted by atomic mass is 10.3. The predicted octanol–water partition coefficient (Wildman–Crippen LogP) is 1.07. The van der Waals surface area contributed by atoms with Gasteiger partial charge in [0, 0.05) is 0 Å². The maximum Gasteiger partial charge on any atom is 0.0598 e. The molecule has 0 heterocycles. The average Bonchev–Trinajstić information content (AvgIpc) is 2.06. The van der Waals surface area contributed by atoms with Crippen LogP contribution in [0.3, 0.4) is 0 Å². The number of hydrogen-bond donors (Lipinski definition) is 1. The van der Waals surface area contributed by atoms with E-state index in [0.717, 1.165) is 39.0 Å². The van der Waals surface area contributed by atoms with Crippen LogP contribution in [-0.2, 0) is 0 Å². The monoisotopic (exact) mass is 168 g/mol. The summed E-state index contributed by atoms with van der Waals surface area (Å²) in [5.41, 5.74) is 5.40. The maximum absolute atomic E-state index is 5.40. The summed E-state index contributed by atoms with van der Waals surface area (Å²) in [6, 6.07) is 0. The lowest BCUT2D eigenvalue weighted by molar-refractivity contribution is 0.301. The Kier molecular flexibility index (Phi) is 8.20. The molecule has 0 aliphatic heterocycles. The molecule has 70 valence electrons. The Morgan fingerprint density at radius 2 is 2.08 bits per heavy atom. The van der Waals surface area contributed by atoms with Gasteiger partial charge in [-0.25, -0.2) is 0 Å². The van der Waals surface area contributed by atoms with Crippen molar-refractivity contribution >= 4 is 0 Å². The Morgan fingerprint density at radius 1 is 1.33 bits per heavy atom. The van der Waals surface area contributed by atoms with E-state index in [2.05, 4.69) is 17.7 Å². The van der Waals surface area contributed by atoms with Crippen LogP contribution in [-0.4, -0.2) is 31.1 Å². The van der Waals surface area contributed by atoms with Crippen molar-refractivity contribution in [3.8, 4) is 12.3 Å². The highest BCUT2D eigenvalue weighted by Gasteiger charge is 1.99. The Bertz CT molecular complexity index is 126. The summed E-state index contributed by atoms with van der Waals surface area (Å²) in [6.07, 6.45) is 8.69. The minimum Gasteiger partial charge on any atom is -0.330 e. The van der Waals surface area contributed by atoms with Crippen molar-refractivity contribution in [2.75, 3.05) is 26.2 Å². The van der Waals surface area contributed by atoms with Crippen LogP contribution < -0.4 is 5.73 Å². The van der Waals surface area contributed by atoms with Gasteiger partial charge in [0.15, 0.2) is 0 Å². The number of terminal acetylenes is 1. The van der Waals surface area contributed by atoms with E-state index < -0.39 is 0 Å². The van der Waals surface area contributed by atoms with Crippen molar-refractivity contribution in [2.24, 2.45) is 5.73 Å². The first-order chi connectivity index (χ1) is 5.85. The Labute approximate surface area is 76.1 Å². The summed E-state index contributed by atoms with van der Waals surface area (Å²) < 4.78 is 0. The van der Waals surface area contributed by atoms with E-state index in [1.165, 1.54) is 6.42 Å². The van der Waals surface area contributed by atoms with Gasteiger partial charge in [-0.3, -0.25) is 4.90 Å². The first-order valence-electron chi connectivity index (χ1n) is 4.71. The highest BCUT2D eigenvalue weighted by molar-refractivity contribution is 4.87. The van der Waals surface area contributed by atoms with E-state index in [9.17, 15) is 0 Å². The summed E-state index contributed by atoms with van der Waals surface area (Å²) in [6.45, 7) is 5.94. The zero-order valence-corrected chi connectivity index (χ0v) is 8.05. The zero-order chi connectivity index (χ0) is 9.23. The molecule has 0 fully saturated rings. The fourth-order valence-corrected chi connectivity index (χ4v) is 1.19. The second-order valence-corrected chi connectivity index (χ2v) is 2.98. The van der Waals surface area contributed by atoms with E-state index in [0.29, 0.717) is 0 Å². The van der Waals surface area contributed by atoms with Crippen LogP contribution in [0.15, 0.2) is 0 Å². The number of unbranched alkanes of at least 4 members (excludes halogenated alkanes) is 1. The largest absolute Gasteiger partial charge is 0.330 e. The van der Waals surface area contributed by atoms with E-state index in [1.807, 2.05) is 0 Å². The van der Waals surface area contributed by atoms with Crippen molar-refractivity contribution < 1.29 is 0 Å². The summed E-state index contributed by atoms with van der Waals surface area (Å²) in [5, 5.41) is 0. The molecule has 0 saturated carbocycles. The van der Waals surface area contributed by atoms with Crippen LogP contribution in [0, 0.1) is 12.3 Å². The molecule has 2 N–H and O–H groups in total. The van der Waals surface area contributed by atoms with Crippen molar-refractivity contribution in [2.45, 2.75) is 26.2 Å². The smallest absolute Gasteiger partial charge is 0.0598 e. The first kappa shape index (κ1) is 11.5. The summed E-state index contributed by atoms with van der Waals surface area (Å²) in [7, 11) is 0. The van der Waals surface area contributed by atoms with Gasteiger partial charge in [-0.1, -0.05) is 12.8 Å². The maximum atomic E-state index is 5.40. The molecule has 0 saturated heterocycles. The molecule has 0 unspecified atom stereocenters. The highest BCUT2D eigenvalue weighted by Crippen LogP contribution is 1.95. The number of rotatable bonds is 7. The second-order valence-electron chi connectivity index (χ2n) is 2.98. The van der Waals surface area contributed by atoms with Crippen LogP contribution in [0.2, 0.25) is 0 Å². The Hall–Kier alpha value is -0.520. The third-order valence-electron chi connectivity index (χ3n) is 1.78. The third-order valence-corrected chi connectivity index (χ3v) is 1.78. The molecule has 0 rings (SSSR count). The molecular formula is C10H20N2. The van der Waals surface area contributed by atoms with Gasteiger partial charge in [-0.2, -0.15) is 0 Å². The van der Waals surface area contributed by atoms with E-state index in [4.69, 9.17) is 12.2 Å². The summed E-state index contributed by atoms with van der Waals surface area (Å²) in [4.78, 5) is 2.30. The normalized spacial score (nSPS) is 10.2. The molecule has 0 amide bonds. The van der Waals surface area contributed by atoms with E-state index >= 15 is 0 Å². The van der Waals surface area contributed by atoms with Gasteiger partial charge in [0.2, 0.25) is 0 Å². The Balaban J connectivity index is 3.42. The molecule has 0 aliphatic carbocycles. The molecule has 2 heteroatoms. The van der Waals surface area contributed by atoms with E-state index in [-0.39, 0.29) is 0 Å². The topological polar surface area (TPSA) is 29.3 Å². The molecule has 12 heavy (non-hydrogen) atoms. The molecule has 0 aromatic carbocycles. The minimum atomic E-state index is 0.776. The standard InChI is InChI=1S/C10H20N2/c1-3-8-12(9-4-2)10-6-5-7-11/h1H,4-11H2,2H3. The number of nitrogens with zero attached hydrogens (tertiary/aromatic N) is 1. The van der Waals surface area contributed by atoms with Crippen LogP contribution >= 0.6 is 0 Å². The summed E-state index contributed by atoms with van der Waals surface area (Å²) in [5.74, 6) is 2.67. The first-order valence-corrected chi connectivity index (χ1v) is 4.71. The molecule has 0 aromatic rings. The van der Waals surface area contributed by atoms with Gasteiger partial charge in [-0.05, 0) is 38.9 Å². The molecule has 0 aromatic heterocycles. The average molecular weight is 168 g/mol. The SMILES string of the molecule is C#CCN(CCC)CCCCN. The molecule has 0 aliphatic rings. The van der Waals surface area contributed by atoms with Gasteiger partial charge in [-0.15, -0.1) is 6.42 Å². The van der Waals surface area contributed by atoms with Crippen molar-refractivity contribution in [1.82, 2.24) is 4.90 Å². The number of hydrogen-bond acceptors (Lipinski definition) is 2. The molecule has 0 atom stereocenters. The third kappa shape index (κ3) is 6.21. The molecule has 0 radical (unpaired) electrons. The molecule has 2 nitrogen and oxygen atoms in total. The van der Waals surface area contributed by atoms with Gasteiger partial charge >= 0.3 is 0 Å². The van der Waals surface area contributed by atoms with E-state index in [1.54, 1.807) is 0 Å². The lowest BCUT2D eigenvalue weighted by Gasteiger charge is -2.18. The minimum absolute atomic E-state index is 0.776. The van der Waals surface area contributed by atoms with Crippen molar-refractivity contribution in [3.63, 3.8) is 0 Å². The predicted molar refractivity (Wildman–Crippen MR) is 53.9 cm³/mol. The second kappa shape index (κ2) is 8.58. The van der Waals surface area contributed by atoms with Gasteiger partial charge in [0.25, 0.3) is 0 Å². The van der Waals surface area contributed by atoms with Crippen LogP contribution in [0.4, 0.5) is 0 Å². The van der Waals surface area contributed by atoms with Gasteiger partial charge < -0.3 is 5.73 Å². The molecule has 0 spiro atoms. The molecular weight excluding hydrogens is 148 g/mol. The van der Waals surface area contributed by atoms with Crippen molar-refractivity contribution in [1.29, 1.82) is 0 Å². The Morgan fingerprint density at radius 3 is 2.58 bits per heavy atom. The van der Waals surface area contributed by atoms with Crippen molar-refractivity contribution in [3.05, 3.63) is 0 Å². The van der Waals surface area contributed by atoms with Crippen LogP contribution in [0.1, 0.15) is 26.2 Å². The number of nitrogens with two attached hydrogens (primary N) is 1. The van der Waals surface area contributed by atoms with Crippen LogP contribution in [0.5, 0.6) is 0 Å². The van der Waals surface area contributed by atoms with Gasteiger partial charge in [0.1, 0.15) is 0 Å². The highest BCUT2D eigenvalue weighted by atomic mass is 15.1. The zero-order valence-electron chi connectivity index (χ0n) is 8.05. The molecule has 0 bridgehead atoms. The van der Waals surface area contributed by atoms with Crippen LogP contribution in [0.25, 0.3) is 0 Å². The lowest BCUT2D eigenvalue weighted by Crippen LogP contribution is -2.26. The quantitative estimate of drug-likeness (QED) is 0.455. The summed E-state index contributed by atoms with van der Waals surface area (Å²) >= 11 is 0. The van der Waals surface area contributed by atoms with Gasteiger partial charge in [0.05, 0.1) is 6.54 Å². The fraction of sp³-hybridized carbons (Fsp3) is 0.800. The fourth-order valence-electron chi connectivity index (χ4n) is 1.19.